The largest absolute Gasteiger partial charge is 0.469 e. The quantitative estimate of drug-likeness (QED) is 0.195. The minimum atomic E-state index is -5.00. The highest BCUT2D eigenvalue weighted by Gasteiger charge is 2.42. The fourth-order valence-corrected chi connectivity index (χ4v) is 7.42. The predicted octanol–water partition coefficient (Wildman–Crippen LogP) is 7.43. The summed E-state index contributed by atoms with van der Waals surface area (Å²) in [5, 5.41) is 6.00. The second-order valence-corrected chi connectivity index (χ2v) is 13.6. The number of benzene rings is 1. The molecule has 1 saturated carbocycles. The van der Waals surface area contributed by atoms with E-state index in [1.54, 1.807) is 33.4 Å². The standard InChI is InChI=1S/C35H44F6N6O4/c1-5-27-14-29(15-28(6-2)47(27)33(49)51-30-9-7-22(8-10-30)31(48)50-4)46(32-42-16-23(17-43-32)24-18-44-45(3)20-24)19-21-11-25(34(36,37)38)13-26(12-21)35(39,40)41/h11-13,16-18,22,24,27-30H,5-10,14-15,19-20H2,1-4H3/t22-,24?,27-,28+,29+,30-. The van der Waals surface area contributed by atoms with Crippen LogP contribution in [-0.4, -0.2) is 83.1 Å². The second kappa shape index (κ2) is 15.6. The van der Waals surface area contributed by atoms with Crippen molar-refractivity contribution in [2.75, 3.05) is 25.6 Å². The van der Waals surface area contributed by atoms with Crippen LogP contribution in [-0.2, 0) is 33.2 Å². The van der Waals surface area contributed by atoms with E-state index in [2.05, 4.69) is 15.1 Å². The first-order valence-electron chi connectivity index (χ1n) is 17.3. The van der Waals surface area contributed by atoms with Crippen LogP contribution >= 0.6 is 0 Å². The lowest BCUT2D eigenvalue weighted by atomic mass is 9.87. The molecule has 4 atom stereocenters. The fraction of sp³-hybridized carbons (Fsp3) is 0.629. The van der Waals surface area contributed by atoms with E-state index in [4.69, 9.17) is 9.47 Å². The van der Waals surface area contributed by atoms with Crippen LogP contribution in [0.3, 0.4) is 0 Å². The normalized spacial score (nSPS) is 25.5. The number of carbonyl (C=O) groups is 2. The summed E-state index contributed by atoms with van der Waals surface area (Å²) in [4.78, 5) is 38.2. The lowest BCUT2D eigenvalue weighted by molar-refractivity contribution is -0.147. The molecule has 1 unspecified atom stereocenters. The topological polar surface area (TPSA) is 100 Å². The molecule has 2 aromatic rings. The average molecular weight is 727 g/mol. The smallest absolute Gasteiger partial charge is 0.416 e. The number of ether oxygens (including phenoxy) is 2. The summed E-state index contributed by atoms with van der Waals surface area (Å²) in [6.45, 7) is 4.11. The Hall–Kier alpha value is -4.11. The van der Waals surface area contributed by atoms with Crippen molar-refractivity contribution in [2.45, 2.75) is 114 Å². The maximum Gasteiger partial charge on any atom is 0.416 e. The van der Waals surface area contributed by atoms with Gasteiger partial charge in [-0.15, -0.1) is 0 Å². The number of carbonyl (C=O) groups excluding carboxylic acids is 2. The molecule has 280 valence electrons. The summed E-state index contributed by atoms with van der Waals surface area (Å²) in [7, 11) is 3.17. The van der Waals surface area contributed by atoms with E-state index in [1.165, 1.54) is 7.11 Å². The van der Waals surface area contributed by atoms with Crippen molar-refractivity contribution in [2.24, 2.45) is 11.0 Å². The zero-order chi connectivity index (χ0) is 37.1. The maximum absolute atomic E-state index is 13.8. The first-order valence-corrected chi connectivity index (χ1v) is 17.3. The summed E-state index contributed by atoms with van der Waals surface area (Å²) in [5.41, 5.74) is -2.23. The molecule has 5 rings (SSSR count). The molecule has 1 saturated heterocycles. The second-order valence-electron chi connectivity index (χ2n) is 13.6. The van der Waals surface area contributed by atoms with Gasteiger partial charge in [-0.2, -0.15) is 31.4 Å². The average Bonchev–Trinajstić information content (AvgIpc) is 3.55. The number of hydrazone groups is 1. The Morgan fingerprint density at radius 2 is 1.47 bits per heavy atom. The van der Waals surface area contributed by atoms with Crippen LogP contribution in [0.4, 0.5) is 37.1 Å². The Bertz CT molecular complexity index is 1500. The van der Waals surface area contributed by atoms with Gasteiger partial charge in [-0.05, 0) is 80.7 Å². The molecule has 3 aliphatic rings. The number of halogens is 6. The zero-order valence-electron chi connectivity index (χ0n) is 29.1. The molecule has 10 nitrogen and oxygen atoms in total. The number of piperidine rings is 1. The van der Waals surface area contributed by atoms with Gasteiger partial charge in [0.15, 0.2) is 0 Å². The van der Waals surface area contributed by atoms with Crippen molar-refractivity contribution in [3.63, 3.8) is 0 Å². The number of hydrogen-bond acceptors (Lipinski definition) is 9. The number of hydrogen-bond donors (Lipinski definition) is 0. The van der Waals surface area contributed by atoms with Gasteiger partial charge < -0.3 is 19.3 Å². The van der Waals surface area contributed by atoms with Crippen LogP contribution in [0.1, 0.15) is 93.4 Å². The number of alkyl halides is 6. The molecule has 2 fully saturated rings. The fourth-order valence-electron chi connectivity index (χ4n) is 7.42. The molecule has 1 aromatic heterocycles. The third kappa shape index (κ3) is 9.04. The number of esters is 1. The van der Waals surface area contributed by atoms with Crippen LogP contribution in [0.5, 0.6) is 0 Å². The van der Waals surface area contributed by atoms with Crippen molar-refractivity contribution in [1.82, 2.24) is 19.9 Å². The van der Waals surface area contributed by atoms with Gasteiger partial charge in [-0.25, -0.2) is 14.8 Å². The number of likely N-dealkylation sites (tertiary alicyclic amines) is 1. The predicted molar refractivity (Wildman–Crippen MR) is 176 cm³/mol. The van der Waals surface area contributed by atoms with Gasteiger partial charge in [0.05, 0.1) is 24.2 Å². The minimum absolute atomic E-state index is 0.0750. The number of nitrogens with zero attached hydrogens (tertiary/aromatic N) is 6. The maximum atomic E-state index is 13.8. The summed E-state index contributed by atoms with van der Waals surface area (Å²) >= 11 is 0. The molecule has 2 aliphatic heterocycles. The SMILES string of the molecule is CC[C@@H]1C[C@H](N(Cc2cc(C(F)(F)F)cc(C(F)(F)F)c2)c2ncc(C3C=NN(C)C3)cn2)C[C@H](CC)N1C(=O)O[C@H]1CC[C@H](C(=O)OC)CC1. The van der Waals surface area contributed by atoms with E-state index in [9.17, 15) is 35.9 Å². The van der Waals surface area contributed by atoms with E-state index in [1.807, 2.05) is 20.9 Å². The van der Waals surface area contributed by atoms with Gasteiger partial charge in [-0.1, -0.05) is 13.8 Å². The molecule has 0 bridgehead atoms. The van der Waals surface area contributed by atoms with Gasteiger partial charge in [0.2, 0.25) is 5.95 Å². The lowest BCUT2D eigenvalue weighted by Gasteiger charge is -2.47. The van der Waals surface area contributed by atoms with Gasteiger partial charge in [0.25, 0.3) is 0 Å². The lowest BCUT2D eigenvalue weighted by Crippen LogP contribution is -2.57. The number of aromatic nitrogens is 2. The number of methoxy groups -OCH3 is 1. The van der Waals surface area contributed by atoms with Crippen LogP contribution in [0.15, 0.2) is 35.7 Å². The van der Waals surface area contributed by atoms with Gasteiger partial charge in [-0.3, -0.25) is 9.80 Å². The number of likely N-dealkylation sites (N-methyl/N-ethyl adjacent to an activating group) is 1. The Morgan fingerprint density at radius 3 is 1.94 bits per heavy atom. The van der Waals surface area contributed by atoms with Crippen LogP contribution in [0.25, 0.3) is 0 Å². The molecule has 3 heterocycles. The highest BCUT2D eigenvalue weighted by molar-refractivity contribution is 5.72. The van der Waals surface area contributed by atoms with Crippen molar-refractivity contribution in [3.05, 3.63) is 52.8 Å². The highest BCUT2D eigenvalue weighted by Crippen LogP contribution is 2.39. The Kier molecular flexibility index (Phi) is 11.7. The summed E-state index contributed by atoms with van der Waals surface area (Å²) in [6, 6.07) is 0.465. The van der Waals surface area contributed by atoms with Gasteiger partial charge in [0, 0.05) is 62.8 Å². The number of amides is 1. The minimum Gasteiger partial charge on any atom is -0.469 e. The van der Waals surface area contributed by atoms with Crippen LogP contribution in [0.2, 0.25) is 0 Å². The molecule has 0 N–H and O–H groups in total. The van der Waals surface area contributed by atoms with Gasteiger partial charge in [0.1, 0.15) is 6.10 Å². The van der Waals surface area contributed by atoms with Crippen LogP contribution < -0.4 is 4.90 Å². The molecule has 1 aliphatic carbocycles. The molecule has 1 amide bonds. The molecule has 1 aromatic carbocycles. The molecular weight excluding hydrogens is 682 g/mol. The monoisotopic (exact) mass is 726 g/mol. The summed E-state index contributed by atoms with van der Waals surface area (Å²) in [6.07, 6.45) is -1.96. The first kappa shape index (κ1) is 38.1. The molecular formula is C35H44F6N6O4. The number of anilines is 1. The van der Waals surface area contributed by atoms with Crippen molar-refractivity contribution in [3.8, 4) is 0 Å². The summed E-state index contributed by atoms with van der Waals surface area (Å²) < 4.78 is 93.8. The van der Waals surface area contributed by atoms with Crippen molar-refractivity contribution in [1.29, 1.82) is 0 Å². The van der Waals surface area contributed by atoms with E-state index < -0.39 is 35.6 Å². The van der Waals surface area contributed by atoms with Crippen molar-refractivity contribution >= 4 is 24.2 Å². The molecule has 0 radical (unpaired) electrons. The van der Waals surface area contributed by atoms with Crippen LogP contribution in [0, 0.1) is 5.92 Å². The van der Waals surface area contributed by atoms with E-state index in [-0.39, 0.29) is 60.1 Å². The van der Waals surface area contributed by atoms with Crippen molar-refractivity contribution < 1.29 is 45.4 Å². The van der Waals surface area contributed by atoms with E-state index in [0.717, 1.165) is 17.7 Å². The Labute approximate surface area is 293 Å². The zero-order valence-corrected chi connectivity index (χ0v) is 29.1. The molecule has 51 heavy (non-hydrogen) atoms. The number of rotatable bonds is 9. The van der Waals surface area contributed by atoms with E-state index in [0.29, 0.717) is 57.9 Å². The third-order valence-electron chi connectivity index (χ3n) is 10.2. The highest BCUT2D eigenvalue weighted by atomic mass is 19.4. The van der Waals surface area contributed by atoms with E-state index >= 15 is 0 Å². The third-order valence-corrected chi connectivity index (χ3v) is 10.2. The van der Waals surface area contributed by atoms with Gasteiger partial charge >= 0.3 is 24.4 Å². The Morgan fingerprint density at radius 1 is 0.902 bits per heavy atom. The first-order chi connectivity index (χ1) is 24.1. The molecule has 0 spiro atoms. The summed E-state index contributed by atoms with van der Waals surface area (Å²) in [5.74, 6) is -0.427. The Balaban J connectivity index is 1.43. The molecule has 16 heteroatoms.